The van der Waals surface area contributed by atoms with E-state index in [0.717, 1.165) is 6.42 Å². The van der Waals surface area contributed by atoms with E-state index in [9.17, 15) is 4.79 Å². The van der Waals surface area contributed by atoms with Gasteiger partial charge in [-0.05, 0) is 25.5 Å². The maximum atomic E-state index is 11.4. The fourth-order valence-corrected chi connectivity index (χ4v) is 2.21. The van der Waals surface area contributed by atoms with Crippen molar-refractivity contribution in [3.63, 3.8) is 0 Å². The van der Waals surface area contributed by atoms with E-state index in [1.807, 2.05) is 0 Å². The van der Waals surface area contributed by atoms with Crippen molar-refractivity contribution in [2.45, 2.75) is 52.4 Å². The molecule has 0 bridgehead atoms. The monoisotopic (exact) mass is 323 g/mol. The van der Waals surface area contributed by atoms with Crippen LogP contribution in [-0.2, 0) is 4.74 Å². The molecule has 1 aromatic rings. The number of rotatable bonds is 11. The van der Waals surface area contributed by atoms with Crippen molar-refractivity contribution in [1.82, 2.24) is 0 Å². The largest absolute Gasteiger partial charge is 0.493 e. The first-order chi connectivity index (χ1) is 11.2. The molecule has 0 aliphatic heterocycles. The van der Waals surface area contributed by atoms with Crippen molar-refractivity contribution >= 4 is 11.8 Å². The maximum Gasteiger partial charge on any atom is 0.411 e. The summed E-state index contributed by atoms with van der Waals surface area (Å²) in [6.45, 7) is 4.99. The van der Waals surface area contributed by atoms with Gasteiger partial charge in [-0.25, -0.2) is 4.79 Å². The van der Waals surface area contributed by atoms with Gasteiger partial charge in [-0.15, -0.1) is 0 Å². The van der Waals surface area contributed by atoms with Crippen LogP contribution in [0.15, 0.2) is 18.2 Å². The third-order valence-corrected chi connectivity index (χ3v) is 3.44. The molecule has 0 spiro atoms. The highest BCUT2D eigenvalue weighted by atomic mass is 16.5. The molecule has 5 heteroatoms. The molecule has 0 fully saturated rings. The molecule has 1 amide bonds. The number of carbonyl (C=O) groups is 1. The van der Waals surface area contributed by atoms with E-state index in [0.29, 0.717) is 30.4 Å². The third-order valence-electron chi connectivity index (χ3n) is 3.44. The van der Waals surface area contributed by atoms with Crippen LogP contribution in [0.5, 0.6) is 11.5 Å². The number of anilines is 1. The van der Waals surface area contributed by atoms with Gasteiger partial charge in [-0.1, -0.05) is 39.0 Å². The Hall–Kier alpha value is -1.91. The SMILES string of the molecule is CCCCCCCCOc1ccc(NC(=O)OCC)cc1OC. The molecule has 0 atom stereocenters. The number of nitrogens with one attached hydrogen (secondary N) is 1. The Morgan fingerprint density at radius 2 is 1.78 bits per heavy atom. The average Bonchev–Trinajstić information content (AvgIpc) is 2.55. The molecule has 0 aliphatic carbocycles. The molecule has 0 saturated heterocycles. The molecule has 1 aromatic carbocycles. The van der Waals surface area contributed by atoms with E-state index in [4.69, 9.17) is 14.2 Å². The predicted octanol–water partition coefficient (Wildman–Crippen LogP) is 5.00. The molecule has 0 aliphatic rings. The lowest BCUT2D eigenvalue weighted by molar-refractivity contribution is 0.168. The molecular formula is C18H29NO4. The summed E-state index contributed by atoms with van der Waals surface area (Å²) in [5.41, 5.74) is 0.618. The van der Waals surface area contributed by atoms with Gasteiger partial charge in [0.05, 0.1) is 20.3 Å². The molecule has 1 N–H and O–H groups in total. The average molecular weight is 323 g/mol. The molecule has 1 rings (SSSR count). The van der Waals surface area contributed by atoms with E-state index in [1.165, 1.54) is 32.1 Å². The molecule has 0 heterocycles. The molecular weight excluding hydrogens is 294 g/mol. The van der Waals surface area contributed by atoms with Gasteiger partial charge in [0.2, 0.25) is 0 Å². The van der Waals surface area contributed by atoms with Crippen LogP contribution in [0.2, 0.25) is 0 Å². The van der Waals surface area contributed by atoms with E-state index < -0.39 is 6.09 Å². The van der Waals surface area contributed by atoms with Gasteiger partial charge in [0.15, 0.2) is 11.5 Å². The topological polar surface area (TPSA) is 56.8 Å². The fourth-order valence-electron chi connectivity index (χ4n) is 2.21. The highest BCUT2D eigenvalue weighted by Crippen LogP contribution is 2.30. The Labute approximate surface area is 139 Å². The van der Waals surface area contributed by atoms with Crippen LogP contribution in [0.1, 0.15) is 52.4 Å². The number of unbranched alkanes of at least 4 members (excludes halogenated alkanes) is 5. The number of hydrogen-bond donors (Lipinski definition) is 1. The zero-order chi connectivity index (χ0) is 16.9. The van der Waals surface area contributed by atoms with Crippen molar-refractivity contribution in [3.05, 3.63) is 18.2 Å². The molecule has 0 unspecified atom stereocenters. The summed E-state index contributed by atoms with van der Waals surface area (Å²) in [6, 6.07) is 5.31. The Morgan fingerprint density at radius 3 is 2.48 bits per heavy atom. The van der Waals surface area contributed by atoms with Crippen LogP contribution >= 0.6 is 0 Å². The third kappa shape index (κ3) is 7.77. The lowest BCUT2D eigenvalue weighted by Gasteiger charge is -2.12. The van der Waals surface area contributed by atoms with Crippen molar-refractivity contribution in [2.75, 3.05) is 25.6 Å². The number of hydrogen-bond acceptors (Lipinski definition) is 4. The second-order valence-corrected chi connectivity index (χ2v) is 5.33. The quantitative estimate of drug-likeness (QED) is 0.582. The summed E-state index contributed by atoms with van der Waals surface area (Å²) >= 11 is 0. The molecule has 130 valence electrons. The minimum Gasteiger partial charge on any atom is -0.493 e. The lowest BCUT2D eigenvalue weighted by atomic mass is 10.1. The van der Waals surface area contributed by atoms with Gasteiger partial charge in [-0.3, -0.25) is 5.32 Å². The second kappa shape index (κ2) is 11.6. The summed E-state index contributed by atoms with van der Waals surface area (Å²) in [4.78, 5) is 11.4. The van der Waals surface area contributed by atoms with E-state index in [-0.39, 0.29) is 0 Å². The minimum absolute atomic E-state index is 0.336. The van der Waals surface area contributed by atoms with Crippen LogP contribution in [0.25, 0.3) is 0 Å². The van der Waals surface area contributed by atoms with Crippen molar-refractivity contribution in [3.8, 4) is 11.5 Å². The van der Waals surface area contributed by atoms with Crippen LogP contribution < -0.4 is 14.8 Å². The number of benzene rings is 1. The number of amides is 1. The smallest absolute Gasteiger partial charge is 0.411 e. The predicted molar refractivity (Wildman–Crippen MR) is 92.5 cm³/mol. The van der Waals surface area contributed by atoms with Crippen molar-refractivity contribution < 1.29 is 19.0 Å². The molecule has 5 nitrogen and oxygen atoms in total. The van der Waals surface area contributed by atoms with Gasteiger partial charge >= 0.3 is 6.09 Å². The van der Waals surface area contributed by atoms with E-state index >= 15 is 0 Å². The van der Waals surface area contributed by atoms with Crippen LogP contribution in [0, 0.1) is 0 Å². The van der Waals surface area contributed by atoms with Gasteiger partial charge in [0.25, 0.3) is 0 Å². The van der Waals surface area contributed by atoms with Crippen molar-refractivity contribution in [2.24, 2.45) is 0 Å². The van der Waals surface area contributed by atoms with Gasteiger partial charge in [0.1, 0.15) is 0 Å². The normalized spacial score (nSPS) is 10.2. The first kappa shape index (κ1) is 19.1. The zero-order valence-corrected chi connectivity index (χ0v) is 14.5. The first-order valence-electron chi connectivity index (χ1n) is 8.45. The number of ether oxygens (including phenoxy) is 3. The summed E-state index contributed by atoms with van der Waals surface area (Å²) < 4.78 is 15.9. The molecule has 23 heavy (non-hydrogen) atoms. The standard InChI is InChI=1S/C18H29NO4/c1-4-6-7-8-9-10-13-23-16-12-11-15(14-17(16)21-3)19-18(20)22-5-2/h11-12,14H,4-10,13H2,1-3H3,(H,19,20). The number of carbonyl (C=O) groups excluding carboxylic acids is 1. The second-order valence-electron chi connectivity index (χ2n) is 5.33. The van der Waals surface area contributed by atoms with Gasteiger partial charge in [-0.2, -0.15) is 0 Å². The molecule has 0 aromatic heterocycles. The summed E-state index contributed by atoms with van der Waals surface area (Å²) in [5.74, 6) is 1.29. The zero-order valence-electron chi connectivity index (χ0n) is 14.5. The number of methoxy groups -OCH3 is 1. The first-order valence-corrected chi connectivity index (χ1v) is 8.45. The van der Waals surface area contributed by atoms with E-state index in [2.05, 4.69) is 12.2 Å². The summed E-state index contributed by atoms with van der Waals surface area (Å²) in [5, 5.41) is 2.64. The maximum absolute atomic E-state index is 11.4. The Kier molecular flexibility index (Phi) is 9.68. The van der Waals surface area contributed by atoms with Crippen molar-refractivity contribution in [1.29, 1.82) is 0 Å². The Balaban J connectivity index is 2.42. The van der Waals surface area contributed by atoms with Gasteiger partial charge < -0.3 is 14.2 Å². The molecule has 0 saturated carbocycles. The van der Waals surface area contributed by atoms with Crippen LogP contribution in [-0.4, -0.2) is 26.4 Å². The summed E-state index contributed by atoms with van der Waals surface area (Å²) in [6.07, 6.45) is 6.88. The lowest BCUT2D eigenvalue weighted by Crippen LogP contribution is -2.13. The fraction of sp³-hybridized carbons (Fsp3) is 0.611. The Bertz CT molecular complexity index is 462. The Morgan fingerprint density at radius 1 is 1.04 bits per heavy atom. The van der Waals surface area contributed by atoms with E-state index in [1.54, 1.807) is 32.2 Å². The van der Waals surface area contributed by atoms with Crippen LogP contribution in [0.3, 0.4) is 0 Å². The summed E-state index contributed by atoms with van der Waals surface area (Å²) in [7, 11) is 1.58. The molecule has 0 radical (unpaired) electrons. The highest BCUT2D eigenvalue weighted by molar-refractivity contribution is 5.85. The van der Waals surface area contributed by atoms with Gasteiger partial charge in [0, 0.05) is 11.8 Å². The van der Waals surface area contributed by atoms with Crippen LogP contribution in [0.4, 0.5) is 10.5 Å². The minimum atomic E-state index is -0.477. The highest BCUT2D eigenvalue weighted by Gasteiger charge is 2.08.